The number of methoxy groups -OCH3 is 2. The third kappa shape index (κ3) is 2.92. The Morgan fingerprint density at radius 1 is 1.22 bits per heavy atom. The van der Waals surface area contributed by atoms with Gasteiger partial charge in [0.1, 0.15) is 0 Å². The zero-order chi connectivity index (χ0) is 13.9. The van der Waals surface area contributed by atoms with E-state index in [0.29, 0.717) is 11.3 Å². The molecule has 0 heterocycles. The minimum absolute atomic E-state index is 0.0671. The normalized spacial score (nSPS) is 11.1. The monoisotopic (exact) mass is 274 g/mol. The fourth-order valence-electron chi connectivity index (χ4n) is 1.54. The van der Waals surface area contributed by atoms with Crippen LogP contribution in [0.3, 0.4) is 0 Å². The van der Waals surface area contributed by atoms with Crippen LogP contribution in [0.5, 0.6) is 11.5 Å². The second-order valence-electron chi connectivity index (χ2n) is 3.63. The van der Waals surface area contributed by atoms with Crippen molar-refractivity contribution in [3.63, 3.8) is 0 Å². The smallest absolute Gasteiger partial charge is 0.319 e. The third-order valence-electron chi connectivity index (χ3n) is 2.33. The molecular weight excluding hydrogens is 260 g/mol. The molecule has 0 aliphatic heterocycles. The van der Waals surface area contributed by atoms with E-state index < -0.39 is 21.6 Å². The van der Waals surface area contributed by atoms with Gasteiger partial charge in [-0.15, -0.1) is 0 Å². The molecule has 7 heteroatoms. The molecule has 0 spiro atoms. The molecule has 0 bridgehead atoms. The van der Waals surface area contributed by atoms with Crippen LogP contribution in [0, 0.1) is 6.92 Å². The second-order valence-corrected chi connectivity index (χ2v) is 5.58. The summed E-state index contributed by atoms with van der Waals surface area (Å²) in [5, 5.41) is 8.59. The first-order valence-corrected chi connectivity index (χ1v) is 6.64. The van der Waals surface area contributed by atoms with Gasteiger partial charge in [0.05, 0.1) is 19.1 Å². The SMILES string of the molecule is COc1cc(C)c(S(=O)(=O)CC(=O)O)cc1OC. The minimum Gasteiger partial charge on any atom is -0.493 e. The van der Waals surface area contributed by atoms with Crippen molar-refractivity contribution in [1.82, 2.24) is 0 Å². The van der Waals surface area contributed by atoms with Gasteiger partial charge in [0.2, 0.25) is 0 Å². The Labute approximate surface area is 105 Å². The molecule has 0 saturated carbocycles. The third-order valence-corrected chi connectivity index (χ3v) is 4.07. The fraction of sp³-hybridized carbons (Fsp3) is 0.364. The molecular formula is C11H14O6S. The largest absolute Gasteiger partial charge is 0.493 e. The molecule has 0 fully saturated rings. The second kappa shape index (κ2) is 5.26. The molecule has 0 atom stereocenters. The molecule has 1 aromatic carbocycles. The van der Waals surface area contributed by atoms with Crippen molar-refractivity contribution < 1.29 is 27.8 Å². The van der Waals surface area contributed by atoms with E-state index in [2.05, 4.69) is 0 Å². The van der Waals surface area contributed by atoms with Crippen LogP contribution in [0.25, 0.3) is 0 Å². The highest BCUT2D eigenvalue weighted by Crippen LogP contribution is 2.32. The number of carbonyl (C=O) groups is 1. The molecule has 0 radical (unpaired) electrons. The lowest BCUT2D eigenvalue weighted by atomic mass is 10.2. The Morgan fingerprint density at radius 3 is 2.17 bits per heavy atom. The summed E-state index contributed by atoms with van der Waals surface area (Å²) in [5.74, 6) is -1.72. The molecule has 1 aromatic rings. The Kier molecular flexibility index (Phi) is 4.18. The van der Waals surface area contributed by atoms with E-state index in [1.807, 2.05) is 0 Å². The molecule has 1 rings (SSSR count). The summed E-state index contributed by atoms with van der Waals surface area (Å²) >= 11 is 0. The maximum absolute atomic E-state index is 11.9. The average molecular weight is 274 g/mol. The lowest BCUT2D eigenvalue weighted by Gasteiger charge is -2.12. The molecule has 6 nitrogen and oxygen atoms in total. The first kappa shape index (κ1) is 14.3. The zero-order valence-corrected chi connectivity index (χ0v) is 11.1. The van der Waals surface area contributed by atoms with Crippen molar-refractivity contribution in [1.29, 1.82) is 0 Å². The minimum atomic E-state index is -3.88. The average Bonchev–Trinajstić information content (AvgIpc) is 2.26. The first-order chi connectivity index (χ1) is 8.31. The van der Waals surface area contributed by atoms with Crippen LogP contribution in [-0.2, 0) is 14.6 Å². The van der Waals surface area contributed by atoms with Gasteiger partial charge in [-0.3, -0.25) is 4.79 Å². The molecule has 0 amide bonds. The van der Waals surface area contributed by atoms with Crippen molar-refractivity contribution in [2.75, 3.05) is 20.0 Å². The van der Waals surface area contributed by atoms with E-state index in [1.54, 1.807) is 6.92 Å². The summed E-state index contributed by atoms with van der Waals surface area (Å²) in [4.78, 5) is 10.5. The lowest BCUT2D eigenvalue weighted by molar-refractivity contribution is -0.134. The highest BCUT2D eigenvalue weighted by molar-refractivity contribution is 7.92. The molecule has 0 aliphatic carbocycles. The molecule has 0 saturated heterocycles. The van der Waals surface area contributed by atoms with Gasteiger partial charge < -0.3 is 14.6 Å². The van der Waals surface area contributed by atoms with Gasteiger partial charge in [-0.2, -0.15) is 0 Å². The molecule has 0 unspecified atom stereocenters. The van der Waals surface area contributed by atoms with Crippen LogP contribution in [0.1, 0.15) is 5.56 Å². The molecule has 0 aliphatic rings. The van der Waals surface area contributed by atoms with Crippen molar-refractivity contribution in [2.45, 2.75) is 11.8 Å². The van der Waals surface area contributed by atoms with Gasteiger partial charge in [0, 0.05) is 6.07 Å². The van der Waals surface area contributed by atoms with Crippen LogP contribution < -0.4 is 9.47 Å². The van der Waals surface area contributed by atoms with Gasteiger partial charge in [-0.1, -0.05) is 0 Å². The molecule has 1 N–H and O–H groups in total. The number of benzene rings is 1. The maximum atomic E-state index is 11.9. The number of hydrogen-bond donors (Lipinski definition) is 1. The van der Waals surface area contributed by atoms with Gasteiger partial charge in [0.25, 0.3) is 0 Å². The van der Waals surface area contributed by atoms with E-state index in [0.717, 1.165) is 0 Å². The Morgan fingerprint density at radius 2 is 1.72 bits per heavy atom. The number of ether oxygens (including phenoxy) is 2. The summed E-state index contributed by atoms with van der Waals surface area (Å²) in [6, 6.07) is 2.76. The Balaban J connectivity index is 3.38. The standard InChI is InChI=1S/C11H14O6S/c1-7-4-8(16-2)9(17-3)5-10(7)18(14,15)6-11(12)13/h4-5H,6H2,1-3H3,(H,12,13). The van der Waals surface area contributed by atoms with Crippen LogP contribution in [0.15, 0.2) is 17.0 Å². The highest BCUT2D eigenvalue weighted by atomic mass is 32.2. The molecule has 100 valence electrons. The first-order valence-electron chi connectivity index (χ1n) is 4.99. The lowest BCUT2D eigenvalue weighted by Crippen LogP contribution is -2.16. The Bertz CT molecular complexity index is 561. The number of aliphatic carboxylic acids is 1. The quantitative estimate of drug-likeness (QED) is 0.857. The molecule has 0 aromatic heterocycles. The van der Waals surface area contributed by atoms with E-state index >= 15 is 0 Å². The zero-order valence-electron chi connectivity index (χ0n) is 10.3. The summed E-state index contributed by atoms with van der Waals surface area (Å²) in [6.07, 6.45) is 0. The topological polar surface area (TPSA) is 89.9 Å². The summed E-state index contributed by atoms with van der Waals surface area (Å²) in [7, 11) is -1.07. The number of carboxylic acid groups (broad SMARTS) is 1. The Hall–Kier alpha value is -1.76. The predicted octanol–water partition coefficient (Wildman–Crippen LogP) is 0.871. The number of sulfone groups is 1. The number of aryl methyl sites for hydroxylation is 1. The van der Waals surface area contributed by atoms with E-state index in [9.17, 15) is 13.2 Å². The van der Waals surface area contributed by atoms with Crippen LogP contribution >= 0.6 is 0 Å². The van der Waals surface area contributed by atoms with Crippen molar-refractivity contribution in [3.8, 4) is 11.5 Å². The van der Waals surface area contributed by atoms with Gasteiger partial charge in [-0.05, 0) is 18.6 Å². The maximum Gasteiger partial charge on any atom is 0.319 e. The molecule has 18 heavy (non-hydrogen) atoms. The van der Waals surface area contributed by atoms with E-state index in [1.165, 1.54) is 26.4 Å². The number of hydrogen-bond acceptors (Lipinski definition) is 5. The van der Waals surface area contributed by atoms with Gasteiger partial charge in [-0.25, -0.2) is 8.42 Å². The fourth-order valence-corrected chi connectivity index (χ4v) is 2.85. The van der Waals surface area contributed by atoms with Crippen molar-refractivity contribution in [3.05, 3.63) is 17.7 Å². The van der Waals surface area contributed by atoms with Gasteiger partial charge in [0.15, 0.2) is 27.1 Å². The summed E-state index contributed by atoms with van der Waals surface area (Å²) in [5.41, 5.74) is 0.411. The van der Waals surface area contributed by atoms with Crippen LogP contribution in [-0.4, -0.2) is 39.5 Å². The van der Waals surface area contributed by atoms with E-state index in [-0.39, 0.29) is 10.6 Å². The van der Waals surface area contributed by atoms with E-state index in [4.69, 9.17) is 14.6 Å². The van der Waals surface area contributed by atoms with Crippen LogP contribution in [0.2, 0.25) is 0 Å². The number of carboxylic acids is 1. The van der Waals surface area contributed by atoms with Crippen molar-refractivity contribution in [2.24, 2.45) is 0 Å². The number of rotatable bonds is 5. The highest BCUT2D eigenvalue weighted by Gasteiger charge is 2.23. The van der Waals surface area contributed by atoms with Gasteiger partial charge >= 0.3 is 5.97 Å². The summed E-state index contributed by atoms with van der Waals surface area (Å²) in [6.45, 7) is 1.57. The summed E-state index contributed by atoms with van der Waals surface area (Å²) < 4.78 is 33.7. The van der Waals surface area contributed by atoms with Crippen LogP contribution in [0.4, 0.5) is 0 Å². The van der Waals surface area contributed by atoms with Crippen molar-refractivity contribution >= 4 is 15.8 Å². The predicted molar refractivity (Wildman–Crippen MR) is 64.0 cm³/mol.